The zero-order valence-electron chi connectivity index (χ0n) is 11.5. The van der Waals surface area contributed by atoms with Crippen LogP contribution in [0.4, 0.5) is 0 Å². The second-order valence-corrected chi connectivity index (χ2v) is 5.63. The number of hydrogen-bond acceptors (Lipinski definition) is 3. The van der Waals surface area contributed by atoms with Crippen LogP contribution in [0.15, 0.2) is 24.3 Å². The minimum absolute atomic E-state index is 0.109. The van der Waals surface area contributed by atoms with E-state index in [9.17, 15) is 4.79 Å². The average Bonchev–Trinajstić information content (AvgIpc) is 2.37. The van der Waals surface area contributed by atoms with E-state index in [0.717, 1.165) is 28.4 Å². The predicted octanol–water partition coefficient (Wildman–Crippen LogP) is 3.66. The van der Waals surface area contributed by atoms with Crippen LogP contribution in [-0.2, 0) is 6.42 Å². The van der Waals surface area contributed by atoms with Gasteiger partial charge in [-0.3, -0.25) is 4.79 Å². The maximum atomic E-state index is 12.4. The molecular weight excluding hydrogens is 272 g/mol. The van der Waals surface area contributed by atoms with E-state index in [1.807, 2.05) is 38.1 Å². The topological polar surface area (TPSA) is 42.9 Å². The summed E-state index contributed by atoms with van der Waals surface area (Å²) in [6.07, 6.45) is 1.22. The number of ketones is 1. The van der Waals surface area contributed by atoms with E-state index in [2.05, 4.69) is 9.97 Å². The van der Waals surface area contributed by atoms with Crippen molar-refractivity contribution in [2.45, 2.75) is 32.6 Å². The first-order chi connectivity index (χ1) is 9.56. The van der Waals surface area contributed by atoms with Crippen LogP contribution < -0.4 is 0 Å². The van der Waals surface area contributed by atoms with Crippen LogP contribution in [0.1, 0.15) is 45.5 Å². The lowest BCUT2D eigenvalue weighted by Gasteiger charge is -2.25. The molecule has 0 saturated heterocycles. The number of aromatic nitrogens is 2. The van der Waals surface area contributed by atoms with Gasteiger partial charge in [-0.25, -0.2) is 9.97 Å². The zero-order chi connectivity index (χ0) is 14.3. The fourth-order valence-corrected chi connectivity index (χ4v) is 3.24. The summed E-state index contributed by atoms with van der Waals surface area (Å²) in [5.41, 5.74) is 3.38. The Morgan fingerprint density at radius 3 is 2.65 bits per heavy atom. The van der Waals surface area contributed by atoms with Crippen molar-refractivity contribution in [1.29, 1.82) is 0 Å². The Bertz CT molecular complexity index is 697. The molecule has 1 aromatic heterocycles. The summed E-state index contributed by atoms with van der Waals surface area (Å²) in [5.74, 6) is 0.944. The monoisotopic (exact) mass is 286 g/mol. The number of carbonyl (C=O) groups is 1. The summed E-state index contributed by atoms with van der Waals surface area (Å²) in [6, 6.07) is 7.72. The molecule has 0 fully saturated rings. The van der Waals surface area contributed by atoms with Gasteiger partial charge in [0.2, 0.25) is 0 Å². The second kappa shape index (κ2) is 4.98. The molecule has 1 aliphatic rings. The molecule has 20 heavy (non-hydrogen) atoms. The molecule has 1 atom stereocenters. The highest BCUT2D eigenvalue weighted by molar-refractivity contribution is 6.31. The molecule has 2 aromatic rings. The normalized spacial score (nSPS) is 17.9. The van der Waals surface area contributed by atoms with Gasteiger partial charge in [-0.2, -0.15) is 0 Å². The van der Waals surface area contributed by atoms with E-state index >= 15 is 0 Å². The van der Waals surface area contributed by atoms with Gasteiger partial charge in [0.1, 0.15) is 5.82 Å². The van der Waals surface area contributed by atoms with Crippen molar-refractivity contribution in [2.75, 3.05) is 0 Å². The number of aryl methyl sites for hydroxylation is 2. The van der Waals surface area contributed by atoms with Gasteiger partial charge in [-0.1, -0.05) is 29.8 Å². The third-order valence-corrected chi connectivity index (χ3v) is 4.12. The molecule has 0 saturated carbocycles. The van der Waals surface area contributed by atoms with Crippen LogP contribution in [0, 0.1) is 13.8 Å². The molecule has 0 N–H and O–H groups in total. The predicted molar refractivity (Wildman–Crippen MR) is 78.4 cm³/mol. The quantitative estimate of drug-likeness (QED) is 0.803. The fraction of sp³-hybridized carbons (Fsp3) is 0.312. The summed E-state index contributed by atoms with van der Waals surface area (Å²) in [5, 5.41) is 0.719. The van der Waals surface area contributed by atoms with Crippen molar-refractivity contribution in [3.8, 4) is 0 Å². The van der Waals surface area contributed by atoms with Gasteiger partial charge >= 0.3 is 0 Å². The summed E-state index contributed by atoms with van der Waals surface area (Å²) in [4.78, 5) is 21.1. The van der Waals surface area contributed by atoms with Gasteiger partial charge in [0, 0.05) is 11.4 Å². The second-order valence-electron chi connectivity index (χ2n) is 5.23. The summed E-state index contributed by atoms with van der Waals surface area (Å²) >= 11 is 6.25. The molecular formula is C16H15ClN2O. The van der Waals surface area contributed by atoms with E-state index in [1.54, 1.807) is 0 Å². The molecule has 0 spiro atoms. The third kappa shape index (κ3) is 2.22. The Hall–Kier alpha value is -1.74. The van der Waals surface area contributed by atoms with Crippen LogP contribution in [-0.4, -0.2) is 15.8 Å². The maximum absolute atomic E-state index is 12.4. The first-order valence-corrected chi connectivity index (χ1v) is 7.06. The van der Waals surface area contributed by atoms with Crippen molar-refractivity contribution in [2.24, 2.45) is 0 Å². The van der Waals surface area contributed by atoms with Crippen molar-refractivity contribution in [3.63, 3.8) is 0 Å². The van der Waals surface area contributed by atoms with Gasteiger partial charge in [0.25, 0.3) is 0 Å². The molecule has 0 radical (unpaired) electrons. The molecule has 0 amide bonds. The van der Waals surface area contributed by atoms with Gasteiger partial charge in [0.05, 0.1) is 17.0 Å². The minimum Gasteiger partial charge on any atom is -0.294 e. The van der Waals surface area contributed by atoms with Crippen molar-refractivity contribution in [1.82, 2.24) is 9.97 Å². The number of hydrogen-bond donors (Lipinski definition) is 0. The average molecular weight is 287 g/mol. The van der Waals surface area contributed by atoms with Crippen LogP contribution in [0.3, 0.4) is 0 Å². The smallest absolute Gasteiger partial charge is 0.167 e. The maximum Gasteiger partial charge on any atom is 0.167 e. The van der Waals surface area contributed by atoms with Crippen LogP contribution >= 0.6 is 11.6 Å². The minimum atomic E-state index is 0.109. The van der Waals surface area contributed by atoms with Crippen molar-refractivity contribution >= 4 is 17.4 Å². The SMILES string of the molecule is Cc1nc(C)c2c(n1)CC(c1ccccc1Cl)CC2=O. The molecule has 1 aromatic carbocycles. The number of fused-ring (bicyclic) bond motifs is 1. The molecule has 0 aliphatic heterocycles. The Kier molecular flexibility index (Phi) is 3.30. The molecule has 3 nitrogen and oxygen atoms in total. The van der Waals surface area contributed by atoms with Crippen LogP contribution in [0.5, 0.6) is 0 Å². The number of carbonyl (C=O) groups excluding carboxylic acids is 1. The van der Waals surface area contributed by atoms with E-state index in [-0.39, 0.29) is 11.7 Å². The van der Waals surface area contributed by atoms with Crippen molar-refractivity contribution in [3.05, 3.63) is 57.6 Å². The molecule has 1 unspecified atom stereocenters. The van der Waals surface area contributed by atoms with Gasteiger partial charge < -0.3 is 0 Å². The number of rotatable bonds is 1. The summed E-state index contributed by atoms with van der Waals surface area (Å²) in [6.45, 7) is 3.73. The lowest BCUT2D eigenvalue weighted by Crippen LogP contribution is -2.22. The van der Waals surface area contributed by atoms with E-state index < -0.39 is 0 Å². The highest BCUT2D eigenvalue weighted by atomic mass is 35.5. The number of Topliss-reactive ketones (excluding diaryl/α,β-unsaturated/α-hetero) is 1. The van der Waals surface area contributed by atoms with Gasteiger partial charge in [0.15, 0.2) is 5.78 Å². The Morgan fingerprint density at radius 1 is 1.15 bits per heavy atom. The van der Waals surface area contributed by atoms with E-state index in [4.69, 9.17) is 11.6 Å². The zero-order valence-corrected chi connectivity index (χ0v) is 12.2. The first-order valence-electron chi connectivity index (χ1n) is 6.68. The number of halogens is 1. The molecule has 3 rings (SSSR count). The summed E-state index contributed by atoms with van der Waals surface area (Å²) in [7, 11) is 0. The largest absolute Gasteiger partial charge is 0.294 e. The fourth-order valence-electron chi connectivity index (χ4n) is 2.95. The number of benzene rings is 1. The highest BCUT2D eigenvalue weighted by Crippen LogP contribution is 2.35. The third-order valence-electron chi connectivity index (χ3n) is 3.77. The summed E-state index contributed by atoms with van der Waals surface area (Å²) < 4.78 is 0. The standard InChI is InChI=1S/C16H15ClN2O/c1-9-16-14(19-10(2)18-9)7-11(8-15(16)20)12-5-3-4-6-13(12)17/h3-6,11H,7-8H2,1-2H3. The molecule has 0 bridgehead atoms. The van der Waals surface area contributed by atoms with Crippen molar-refractivity contribution < 1.29 is 4.79 Å². The van der Waals surface area contributed by atoms with Crippen LogP contribution in [0.2, 0.25) is 5.02 Å². The Morgan fingerprint density at radius 2 is 1.90 bits per heavy atom. The molecule has 4 heteroatoms. The van der Waals surface area contributed by atoms with E-state index in [1.165, 1.54) is 0 Å². The van der Waals surface area contributed by atoms with Gasteiger partial charge in [-0.05, 0) is 37.8 Å². The lowest BCUT2D eigenvalue weighted by atomic mass is 9.81. The first kappa shape index (κ1) is 13.3. The number of nitrogens with zero attached hydrogens (tertiary/aromatic N) is 2. The van der Waals surface area contributed by atoms with Crippen LogP contribution in [0.25, 0.3) is 0 Å². The highest BCUT2D eigenvalue weighted by Gasteiger charge is 2.30. The van der Waals surface area contributed by atoms with E-state index in [0.29, 0.717) is 17.8 Å². The molecule has 102 valence electrons. The Balaban J connectivity index is 2.05. The van der Waals surface area contributed by atoms with Gasteiger partial charge in [-0.15, -0.1) is 0 Å². The molecule has 1 heterocycles. The Labute approximate surface area is 123 Å². The lowest BCUT2D eigenvalue weighted by molar-refractivity contribution is 0.0962. The molecule has 1 aliphatic carbocycles.